The minimum Gasteiger partial charge on any atom is -0.461 e. The van der Waals surface area contributed by atoms with Crippen LogP contribution in [0.4, 0.5) is 10.5 Å². The Hall–Kier alpha value is -2.83. The molecule has 0 spiro atoms. The van der Waals surface area contributed by atoms with Gasteiger partial charge in [-0.3, -0.25) is 4.68 Å². The molecule has 1 aliphatic rings. The van der Waals surface area contributed by atoms with Gasteiger partial charge in [0.15, 0.2) is 5.69 Å². The summed E-state index contributed by atoms with van der Waals surface area (Å²) in [6.45, 7) is 9.42. The summed E-state index contributed by atoms with van der Waals surface area (Å²) in [5.41, 5.74) is 4.07. The second-order valence-corrected chi connectivity index (χ2v) is 8.05. The van der Waals surface area contributed by atoms with Crippen LogP contribution >= 0.6 is 0 Å². The molecule has 0 saturated heterocycles. The number of rotatable bonds is 3. The van der Waals surface area contributed by atoms with E-state index in [1.165, 1.54) is 5.56 Å². The lowest BCUT2D eigenvalue weighted by molar-refractivity contribution is 0.0516. The summed E-state index contributed by atoms with van der Waals surface area (Å²) in [6.07, 6.45) is 0.647. The third-order valence-corrected chi connectivity index (χ3v) is 5.00. The van der Waals surface area contributed by atoms with E-state index in [9.17, 15) is 9.59 Å². The lowest BCUT2D eigenvalue weighted by Crippen LogP contribution is -2.39. The maximum absolute atomic E-state index is 12.7. The van der Waals surface area contributed by atoms with Gasteiger partial charge >= 0.3 is 12.0 Å². The molecule has 0 aliphatic carbocycles. The summed E-state index contributed by atoms with van der Waals surface area (Å²) in [5, 5.41) is 7.25. The van der Waals surface area contributed by atoms with Gasteiger partial charge < -0.3 is 15.0 Å². The normalized spacial score (nSPS) is 13.8. The highest BCUT2D eigenvalue weighted by Crippen LogP contribution is 2.25. The molecule has 2 amide bonds. The van der Waals surface area contributed by atoms with E-state index >= 15 is 0 Å². The maximum atomic E-state index is 12.7. The molecule has 2 heterocycles. The van der Waals surface area contributed by atoms with Crippen LogP contribution in [0.1, 0.15) is 55.0 Å². The van der Waals surface area contributed by atoms with Gasteiger partial charge in [0, 0.05) is 37.0 Å². The Balaban J connectivity index is 1.73. The predicted molar refractivity (Wildman–Crippen MR) is 107 cm³/mol. The lowest BCUT2D eigenvalue weighted by Gasteiger charge is -2.28. The number of carbonyl (C=O) groups excluding carboxylic acids is 2. The minimum absolute atomic E-state index is 0.0651. The van der Waals surface area contributed by atoms with Gasteiger partial charge in [-0.2, -0.15) is 5.10 Å². The number of urea groups is 1. The monoisotopic (exact) mass is 384 g/mol. The van der Waals surface area contributed by atoms with Gasteiger partial charge in [0.05, 0.1) is 13.2 Å². The quantitative estimate of drug-likeness (QED) is 0.822. The van der Waals surface area contributed by atoms with Crippen molar-refractivity contribution < 1.29 is 14.3 Å². The second-order valence-electron chi connectivity index (χ2n) is 8.05. The number of nitrogens with one attached hydrogen (secondary N) is 1. The van der Waals surface area contributed by atoms with Crippen molar-refractivity contribution >= 4 is 17.7 Å². The van der Waals surface area contributed by atoms with E-state index in [0.717, 1.165) is 16.9 Å². The molecule has 0 fully saturated rings. The molecule has 1 N–H and O–H groups in total. The van der Waals surface area contributed by atoms with Crippen LogP contribution in [0.3, 0.4) is 0 Å². The first kappa shape index (κ1) is 19.9. The molecule has 28 heavy (non-hydrogen) atoms. The largest absolute Gasteiger partial charge is 0.461 e. The molecule has 1 aromatic carbocycles. The van der Waals surface area contributed by atoms with Gasteiger partial charge in [-0.05, 0) is 30.0 Å². The van der Waals surface area contributed by atoms with E-state index in [1.807, 2.05) is 31.3 Å². The molecule has 1 aliphatic heterocycles. The molecular weight excluding hydrogens is 356 g/mol. The van der Waals surface area contributed by atoms with Gasteiger partial charge in [0.2, 0.25) is 0 Å². The molecular formula is C21H28N4O3. The van der Waals surface area contributed by atoms with E-state index in [4.69, 9.17) is 4.74 Å². The number of esters is 1. The van der Waals surface area contributed by atoms with Crippen molar-refractivity contribution in [2.75, 3.05) is 18.5 Å². The zero-order valence-corrected chi connectivity index (χ0v) is 17.2. The van der Waals surface area contributed by atoms with Crippen LogP contribution in [-0.2, 0) is 30.2 Å². The van der Waals surface area contributed by atoms with Crippen molar-refractivity contribution in [2.45, 2.75) is 46.1 Å². The zero-order chi connectivity index (χ0) is 20.5. The number of nitrogens with zero attached hydrogens (tertiary/aromatic N) is 3. The van der Waals surface area contributed by atoms with Crippen molar-refractivity contribution in [3.63, 3.8) is 0 Å². The fourth-order valence-electron chi connectivity index (χ4n) is 3.39. The van der Waals surface area contributed by atoms with E-state index in [-0.39, 0.29) is 11.4 Å². The summed E-state index contributed by atoms with van der Waals surface area (Å²) < 4.78 is 6.81. The van der Waals surface area contributed by atoms with Gasteiger partial charge in [-0.15, -0.1) is 0 Å². The minimum atomic E-state index is -0.445. The highest BCUT2D eigenvalue weighted by molar-refractivity contribution is 5.91. The van der Waals surface area contributed by atoms with Crippen LogP contribution in [0, 0.1) is 0 Å². The van der Waals surface area contributed by atoms with E-state index in [1.54, 1.807) is 16.5 Å². The molecule has 2 aromatic rings. The summed E-state index contributed by atoms with van der Waals surface area (Å²) >= 11 is 0. The van der Waals surface area contributed by atoms with E-state index < -0.39 is 5.97 Å². The van der Waals surface area contributed by atoms with Crippen LogP contribution in [-0.4, -0.2) is 39.8 Å². The summed E-state index contributed by atoms with van der Waals surface area (Å²) in [4.78, 5) is 26.6. The number of ether oxygens (including phenoxy) is 1. The van der Waals surface area contributed by atoms with Crippen LogP contribution in [0.25, 0.3) is 0 Å². The van der Waals surface area contributed by atoms with Crippen molar-refractivity contribution in [3.05, 3.63) is 46.8 Å². The molecule has 0 radical (unpaired) electrons. The summed E-state index contributed by atoms with van der Waals surface area (Å²) in [6, 6.07) is 7.71. The number of hydrogen-bond donors (Lipinski definition) is 1. The maximum Gasteiger partial charge on any atom is 0.359 e. The summed E-state index contributed by atoms with van der Waals surface area (Å²) in [7, 11) is 1.81. The number of hydrogen-bond acceptors (Lipinski definition) is 4. The predicted octanol–water partition coefficient (Wildman–Crippen LogP) is 3.48. The Morgan fingerprint density at radius 2 is 1.89 bits per heavy atom. The Kier molecular flexibility index (Phi) is 5.45. The SMILES string of the molecule is CCOC(=O)c1nn(C)c2c1CN(C(=O)Nc1ccc(C(C)(C)C)cc1)CC2. The van der Waals surface area contributed by atoms with E-state index in [0.29, 0.717) is 31.8 Å². The molecule has 7 heteroatoms. The lowest BCUT2D eigenvalue weighted by atomic mass is 9.87. The first-order valence-corrected chi connectivity index (χ1v) is 9.59. The Bertz CT molecular complexity index is 878. The Labute approximate surface area is 165 Å². The molecule has 0 atom stereocenters. The van der Waals surface area contributed by atoms with Gasteiger partial charge in [-0.25, -0.2) is 9.59 Å². The zero-order valence-electron chi connectivity index (χ0n) is 17.2. The van der Waals surface area contributed by atoms with Gasteiger partial charge in [0.25, 0.3) is 0 Å². The third kappa shape index (κ3) is 4.03. The van der Waals surface area contributed by atoms with Crippen molar-refractivity contribution in [1.82, 2.24) is 14.7 Å². The molecule has 0 bridgehead atoms. The van der Waals surface area contributed by atoms with Crippen LogP contribution in [0.2, 0.25) is 0 Å². The second kappa shape index (κ2) is 7.66. The Morgan fingerprint density at radius 1 is 1.21 bits per heavy atom. The Morgan fingerprint density at radius 3 is 2.50 bits per heavy atom. The highest BCUT2D eigenvalue weighted by Gasteiger charge is 2.30. The number of anilines is 1. The first-order chi connectivity index (χ1) is 13.2. The highest BCUT2D eigenvalue weighted by atomic mass is 16.5. The topological polar surface area (TPSA) is 76.5 Å². The number of carbonyl (C=O) groups is 2. The number of benzene rings is 1. The van der Waals surface area contributed by atoms with Crippen molar-refractivity contribution in [2.24, 2.45) is 7.05 Å². The summed E-state index contributed by atoms with van der Waals surface area (Å²) in [5.74, 6) is -0.445. The van der Waals surface area contributed by atoms with Crippen molar-refractivity contribution in [3.8, 4) is 0 Å². The number of fused-ring (bicyclic) bond motifs is 1. The molecule has 3 rings (SSSR count). The average molecular weight is 384 g/mol. The molecule has 150 valence electrons. The fraction of sp³-hybridized carbons (Fsp3) is 0.476. The van der Waals surface area contributed by atoms with Gasteiger partial charge in [-0.1, -0.05) is 32.9 Å². The number of aryl methyl sites for hydroxylation is 1. The van der Waals surface area contributed by atoms with Crippen LogP contribution < -0.4 is 5.32 Å². The molecule has 7 nitrogen and oxygen atoms in total. The smallest absolute Gasteiger partial charge is 0.359 e. The van der Waals surface area contributed by atoms with Crippen LogP contribution in [0.5, 0.6) is 0 Å². The molecule has 0 unspecified atom stereocenters. The average Bonchev–Trinajstić information content (AvgIpc) is 2.98. The number of aromatic nitrogens is 2. The molecule has 1 aromatic heterocycles. The van der Waals surface area contributed by atoms with E-state index in [2.05, 4.69) is 31.2 Å². The standard InChI is InChI=1S/C21H28N4O3/c1-6-28-19(26)18-16-13-25(12-11-17(16)24(5)23-18)20(27)22-15-9-7-14(8-10-15)21(2,3)4/h7-10H,6,11-13H2,1-5H3,(H,22,27). The number of amides is 2. The fourth-order valence-corrected chi connectivity index (χ4v) is 3.39. The first-order valence-electron chi connectivity index (χ1n) is 9.59. The third-order valence-electron chi connectivity index (χ3n) is 5.00. The van der Waals surface area contributed by atoms with Crippen molar-refractivity contribution in [1.29, 1.82) is 0 Å². The molecule has 0 saturated carbocycles. The van der Waals surface area contributed by atoms with Crippen LogP contribution in [0.15, 0.2) is 24.3 Å². The van der Waals surface area contributed by atoms with Gasteiger partial charge in [0.1, 0.15) is 0 Å².